The Morgan fingerprint density at radius 1 is 1.29 bits per heavy atom. The molecule has 3 N–H and O–H groups in total. The summed E-state index contributed by atoms with van der Waals surface area (Å²) in [6.07, 6.45) is 0.561. The summed E-state index contributed by atoms with van der Waals surface area (Å²) in [5, 5.41) is 3.74. The van der Waals surface area contributed by atoms with E-state index in [1.807, 2.05) is 0 Å². The van der Waals surface area contributed by atoms with E-state index < -0.39 is 6.16 Å². The molecule has 8 nitrogen and oxygen atoms in total. The number of carbonyl (C=O) groups excluding carboxylic acids is 2. The van der Waals surface area contributed by atoms with Gasteiger partial charge in [-0.25, -0.2) is 4.79 Å². The van der Waals surface area contributed by atoms with Gasteiger partial charge in [-0.3, -0.25) is 9.59 Å². The van der Waals surface area contributed by atoms with Crippen LogP contribution in [0.25, 0.3) is 21.8 Å². The van der Waals surface area contributed by atoms with Crippen LogP contribution in [-0.2, 0) is 9.53 Å². The van der Waals surface area contributed by atoms with Gasteiger partial charge in [0.1, 0.15) is 5.52 Å². The maximum Gasteiger partial charge on any atom is 0.513 e. The topological polar surface area (TPSA) is 113 Å². The number of amides is 1. The third kappa shape index (κ3) is 2.81. The minimum absolute atomic E-state index is 0.176. The summed E-state index contributed by atoms with van der Waals surface area (Å²) >= 11 is 0. The van der Waals surface area contributed by atoms with Gasteiger partial charge in [-0.1, -0.05) is 0 Å². The number of aromatic amines is 2. The zero-order valence-electron chi connectivity index (χ0n) is 13.1. The van der Waals surface area contributed by atoms with E-state index in [2.05, 4.69) is 15.3 Å². The lowest BCUT2D eigenvalue weighted by atomic mass is 10.1. The fraction of sp³-hybridized carbons (Fsp3) is 0.188. The van der Waals surface area contributed by atoms with Crippen LogP contribution in [0, 0.1) is 0 Å². The number of rotatable bonds is 3. The van der Waals surface area contributed by atoms with Gasteiger partial charge in [-0.05, 0) is 25.1 Å². The summed E-state index contributed by atoms with van der Waals surface area (Å²) in [5.74, 6) is -0.0355. The van der Waals surface area contributed by atoms with Crippen molar-refractivity contribution < 1.29 is 19.1 Å². The van der Waals surface area contributed by atoms with E-state index in [-0.39, 0.29) is 29.3 Å². The van der Waals surface area contributed by atoms with Crippen molar-refractivity contribution in [1.29, 1.82) is 0 Å². The van der Waals surface area contributed by atoms with Crippen molar-refractivity contribution in [3.05, 3.63) is 34.7 Å². The van der Waals surface area contributed by atoms with Gasteiger partial charge in [0.2, 0.25) is 5.91 Å². The maximum atomic E-state index is 12.2. The Labute approximate surface area is 135 Å². The average Bonchev–Trinajstić information content (AvgIpc) is 2.92. The van der Waals surface area contributed by atoms with Gasteiger partial charge in [-0.2, -0.15) is 0 Å². The zero-order chi connectivity index (χ0) is 17.3. The summed E-state index contributed by atoms with van der Waals surface area (Å²) in [6, 6.07) is 5.04. The first-order valence-corrected chi connectivity index (χ1v) is 7.29. The molecule has 2 aromatic heterocycles. The molecule has 0 fully saturated rings. The predicted octanol–water partition coefficient (Wildman–Crippen LogP) is 2.50. The van der Waals surface area contributed by atoms with Crippen molar-refractivity contribution in [2.45, 2.75) is 13.8 Å². The lowest BCUT2D eigenvalue weighted by molar-refractivity contribution is -0.114. The molecular formula is C16H15N3O5. The van der Waals surface area contributed by atoms with Crippen molar-refractivity contribution in [1.82, 2.24) is 9.97 Å². The molecule has 0 spiro atoms. The van der Waals surface area contributed by atoms with Crippen LogP contribution >= 0.6 is 0 Å². The van der Waals surface area contributed by atoms with Crippen molar-refractivity contribution in [2.75, 3.05) is 11.9 Å². The molecule has 3 rings (SSSR count). The third-order valence-corrected chi connectivity index (χ3v) is 3.38. The van der Waals surface area contributed by atoms with Crippen LogP contribution in [-0.4, -0.2) is 28.6 Å². The molecule has 0 saturated carbocycles. The Bertz CT molecular complexity index is 1000. The van der Waals surface area contributed by atoms with E-state index in [0.29, 0.717) is 22.0 Å². The van der Waals surface area contributed by atoms with Crippen molar-refractivity contribution >= 4 is 39.6 Å². The van der Waals surface area contributed by atoms with E-state index in [1.54, 1.807) is 25.1 Å². The van der Waals surface area contributed by atoms with Gasteiger partial charge in [0.05, 0.1) is 12.0 Å². The van der Waals surface area contributed by atoms with Gasteiger partial charge >= 0.3 is 6.16 Å². The van der Waals surface area contributed by atoms with E-state index in [1.165, 1.54) is 13.1 Å². The summed E-state index contributed by atoms with van der Waals surface area (Å²) in [4.78, 5) is 40.5. The Kier molecular flexibility index (Phi) is 3.95. The Hall–Kier alpha value is -3.29. The Morgan fingerprint density at radius 3 is 2.79 bits per heavy atom. The summed E-state index contributed by atoms with van der Waals surface area (Å²) in [5.41, 5.74) is 1.03. The molecule has 124 valence electrons. The normalized spacial score (nSPS) is 10.8. The second-order valence-corrected chi connectivity index (χ2v) is 5.08. The van der Waals surface area contributed by atoms with Crippen LogP contribution in [0.1, 0.15) is 13.8 Å². The number of benzene rings is 1. The van der Waals surface area contributed by atoms with Gasteiger partial charge in [0.15, 0.2) is 5.75 Å². The summed E-state index contributed by atoms with van der Waals surface area (Å²) in [6.45, 7) is 3.24. The SMILES string of the molecule is CCOC(=O)Oc1c[nH]c2c(=O)[nH]c3ccc(NC(C)=O)cc3c12. The summed E-state index contributed by atoms with van der Waals surface area (Å²) in [7, 11) is 0. The molecular weight excluding hydrogens is 314 g/mol. The fourth-order valence-electron chi connectivity index (χ4n) is 2.50. The van der Waals surface area contributed by atoms with Gasteiger partial charge < -0.3 is 24.8 Å². The minimum Gasteiger partial charge on any atom is -0.434 e. The number of hydrogen-bond acceptors (Lipinski definition) is 5. The molecule has 3 aromatic rings. The number of anilines is 1. The maximum absolute atomic E-state index is 12.2. The standard InChI is InChI=1S/C16H15N3O5/c1-3-23-16(22)24-12-7-17-14-13(12)10-6-9(18-8(2)20)4-5-11(10)19-15(14)21/h4-7,17H,3H2,1-2H3,(H,18,20)(H,19,21). The molecule has 0 aliphatic rings. The van der Waals surface area contributed by atoms with Crippen LogP contribution < -0.4 is 15.6 Å². The number of fused-ring (bicyclic) bond motifs is 3. The average molecular weight is 329 g/mol. The highest BCUT2D eigenvalue weighted by atomic mass is 16.7. The summed E-state index contributed by atoms with van der Waals surface area (Å²) < 4.78 is 9.92. The number of nitrogens with one attached hydrogen (secondary N) is 3. The zero-order valence-corrected chi connectivity index (χ0v) is 13.1. The van der Waals surface area contributed by atoms with Crippen LogP contribution in [0.5, 0.6) is 5.75 Å². The Balaban J connectivity index is 2.21. The molecule has 2 heterocycles. The number of pyridine rings is 1. The van der Waals surface area contributed by atoms with Crippen molar-refractivity contribution in [3.63, 3.8) is 0 Å². The second-order valence-electron chi connectivity index (χ2n) is 5.08. The quantitative estimate of drug-likeness (QED) is 0.639. The lowest BCUT2D eigenvalue weighted by Crippen LogP contribution is -2.11. The molecule has 0 bridgehead atoms. The molecule has 0 unspecified atom stereocenters. The largest absolute Gasteiger partial charge is 0.513 e. The number of aromatic nitrogens is 2. The molecule has 24 heavy (non-hydrogen) atoms. The van der Waals surface area contributed by atoms with Gasteiger partial charge in [-0.15, -0.1) is 0 Å². The molecule has 0 aliphatic carbocycles. The second kappa shape index (κ2) is 6.07. The number of carbonyl (C=O) groups is 2. The number of hydrogen-bond donors (Lipinski definition) is 3. The lowest BCUT2D eigenvalue weighted by Gasteiger charge is -2.07. The van der Waals surface area contributed by atoms with Gasteiger partial charge in [0, 0.05) is 29.7 Å². The fourth-order valence-corrected chi connectivity index (χ4v) is 2.50. The molecule has 0 saturated heterocycles. The first kappa shape index (κ1) is 15.6. The highest BCUT2D eigenvalue weighted by Crippen LogP contribution is 2.31. The molecule has 0 atom stereocenters. The molecule has 0 aliphatic heterocycles. The van der Waals surface area contributed by atoms with E-state index in [0.717, 1.165) is 0 Å². The van der Waals surface area contributed by atoms with E-state index in [4.69, 9.17) is 9.47 Å². The van der Waals surface area contributed by atoms with Crippen molar-refractivity contribution in [3.8, 4) is 5.75 Å². The number of H-pyrrole nitrogens is 2. The van der Waals surface area contributed by atoms with Crippen molar-refractivity contribution in [2.24, 2.45) is 0 Å². The monoisotopic (exact) mass is 329 g/mol. The van der Waals surface area contributed by atoms with Crippen LogP contribution in [0.4, 0.5) is 10.5 Å². The molecule has 1 aromatic carbocycles. The Morgan fingerprint density at radius 2 is 2.08 bits per heavy atom. The van der Waals surface area contributed by atoms with Gasteiger partial charge in [0.25, 0.3) is 5.56 Å². The van der Waals surface area contributed by atoms with Crippen LogP contribution in [0.2, 0.25) is 0 Å². The van der Waals surface area contributed by atoms with E-state index in [9.17, 15) is 14.4 Å². The predicted molar refractivity (Wildman–Crippen MR) is 88.4 cm³/mol. The highest BCUT2D eigenvalue weighted by Gasteiger charge is 2.16. The first-order chi connectivity index (χ1) is 11.5. The highest BCUT2D eigenvalue weighted by molar-refractivity contribution is 6.09. The number of ether oxygens (including phenoxy) is 2. The van der Waals surface area contributed by atoms with Crippen LogP contribution in [0.3, 0.4) is 0 Å². The smallest absolute Gasteiger partial charge is 0.434 e. The third-order valence-electron chi connectivity index (χ3n) is 3.38. The first-order valence-electron chi connectivity index (χ1n) is 7.29. The minimum atomic E-state index is -0.857. The molecule has 1 amide bonds. The molecule has 0 radical (unpaired) electrons. The van der Waals surface area contributed by atoms with E-state index >= 15 is 0 Å². The molecule has 8 heteroatoms. The van der Waals surface area contributed by atoms with Crippen LogP contribution in [0.15, 0.2) is 29.2 Å².